The standard InChI is InChI=1S/C46H94/c1-6-11-15-19-23-27-28-30-34-38-42-45(41-37-33-29-24-20-16-12-7-2)46(10-5,43-39-35-31-25-21-17-13-8-3)44-40-36-32-26-22-18-14-9-4/h45H,6-44H2,1-5H3. The first-order valence-electron chi connectivity index (χ1n) is 22.7. The zero-order valence-corrected chi connectivity index (χ0v) is 33.7. The Labute approximate surface area is 295 Å². The third-order valence-corrected chi connectivity index (χ3v) is 11.9. The first-order chi connectivity index (χ1) is 22.7. The molecule has 0 radical (unpaired) electrons. The second-order valence-corrected chi connectivity index (χ2v) is 16.1. The minimum Gasteiger partial charge on any atom is -0.0654 e. The van der Waals surface area contributed by atoms with Crippen LogP contribution in [-0.4, -0.2) is 0 Å². The summed E-state index contributed by atoms with van der Waals surface area (Å²) in [5.41, 5.74) is 0.630. The summed E-state index contributed by atoms with van der Waals surface area (Å²) in [6.07, 6.45) is 57.5. The van der Waals surface area contributed by atoms with Crippen molar-refractivity contribution in [3.05, 3.63) is 0 Å². The van der Waals surface area contributed by atoms with Crippen LogP contribution in [0.25, 0.3) is 0 Å². The SMILES string of the molecule is CCCCCCCCCCCCC(CCCCCCCCCC)C(CC)(CCCCCCCCCC)CCCCCCCCCC. The van der Waals surface area contributed by atoms with Crippen molar-refractivity contribution >= 4 is 0 Å². The predicted octanol–water partition coefficient (Wildman–Crippen LogP) is 17.9. The topological polar surface area (TPSA) is 0 Å². The van der Waals surface area contributed by atoms with Crippen molar-refractivity contribution in [3.63, 3.8) is 0 Å². The minimum absolute atomic E-state index is 0.630. The Balaban J connectivity index is 5.11. The van der Waals surface area contributed by atoms with E-state index in [0.717, 1.165) is 5.92 Å². The molecule has 0 aliphatic carbocycles. The van der Waals surface area contributed by atoms with Crippen LogP contribution in [-0.2, 0) is 0 Å². The zero-order chi connectivity index (χ0) is 33.7. The quantitative estimate of drug-likeness (QED) is 0.0581. The van der Waals surface area contributed by atoms with E-state index in [2.05, 4.69) is 34.6 Å². The molecule has 0 amide bonds. The molecule has 0 aliphatic rings. The summed E-state index contributed by atoms with van der Waals surface area (Å²) in [7, 11) is 0. The maximum atomic E-state index is 2.61. The van der Waals surface area contributed by atoms with Crippen LogP contribution in [0.4, 0.5) is 0 Å². The molecule has 0 heteroatoms. The molecule has 1 atom stereocenters. The molecule has 0 spiro atoms. The molecule has 0 aromatic heterocycles. The normalized spacial score (nSPS) is 12.7. The van der Waals surface area contributed by atoms with Gasteiger partial charge in [0.15, 0.2) is 0 Å². The fourth-order valence-electron chi connectivity index (χ4n) is 8.56. The largest absolute Gasteiger partial charge is 0.0654 e. The maximum absolute atomic E-state index is 2.61. The van der Waals surface area contributed by atoms with Gasteiger partial charge < -0.3 is 0 Å². The van der Waals surface area contributed by atoms with Crippen LogP contribution < -0.4 is 0 Å². The van der Waals surface area contributed by atoms with Crippen LogP contribution in [0, 0.1) is 11.3 Å². The van der Waals surface area contributed by atoms with Gasteiger partial charge in [0.25, 0.3) is 0 Å². The molecule has 0 aromatic carbocycles. The third kappa shape index (κ3) is 29.0. The summed E-state index contributed by atoms with van der Waals surface area (Å²) in [6, 6.07) is 0. The van der Waals surface area contributed by atoms with Crippen molar-refractivity contribution in [2.75, 3.05) is 0 Å². The molecular formula is C46H94. The molecule has 0 aromatic rings. The van der Waals surface area contributed by atoms with Gasteiger partial charge in [0.2, 0.25) is 0 Å². The van der Waals surface area contributed by atoms with Crippen LogP contribution >= 0.6 is 0 Å². The molecular weight excluding hydrogens is 553 g/mol. The number of rotatable bonds is 40. The fourth-order valence-corrected chi connectivity index (χ4v) is 8.56. The van der Waals surface area contributed by atoms with Crippen LogP contribution in [0.15, 0.2) is 0 Å². The molecule has 1 unspecified atom stereocenters. The Morgan fingerprint density at radius 2 is 0.478 bits per heavy atom. The van der Waals surface area contributed by atoms with Gasteiger partial charge in [-0.25, -0.2) is 0 Å². The molecule has 0 fully saturated rings. The van der Waals surface area contributed by atoms with E-state index in [1.54, 1.807) is 0 Å². The highest BCUT2D eigenvalue weighted by atomic mass is 14.4. The average Bonchev–Trinajstić information content (AvgIpc) is 3.07. The highest BCUT2D eigenvalue weighted by Crippen LogP contribution is 2.47. The van der Waals surface area contributed by atoms with Crippen molar-refractivity contribution in [2.24, 2.45) is 11.3 Å². The molecule has 278 valence electrons. The van der Waals surface area contributed by atoms with E-state index < -0.39 is 0 Å². The first kappa shape index (κ1) is 46.0. The number of unbranched alkanes of at least 4 members (excludes halogenated alkanes) is 30. The van der Waals surface area contributed by atoms with Crippen LogP contribution in [0.3, 0.4) is 0 Å². The van der Waals surface area contributed by atoms with E-state index in [4.69, 9.17) is 0 Å². The van der Waals surface area contributed by atoms with Gasteiger partial charge in [-0.15, -0.1) is 0 Å². The fraction of sp³-hybridized carbons (Fsp3) is 1.00. The van der Waals surface area contributed by atoms with E-state index >= 15 is 0 Å². The Morgan fingerprint density at radius 3 is 0.717 bits per heavy atom. The van der Waals surface area contributed by atoms with Gasteiger partial charge in [0.05, 0.1) is 0 Å². The third-order valence-electron chi connectivity index (χ3n) is 11.9. The van der Waals surface area contributed by atoms with Gasteiger partial charge in [-0.1, -0.05) is 259 Å². The minimum atomic E-state index is 0.630. The molecule has 0 heterocycles. The number of hydrogen-bond donors (Lipinski definition) is 0. The summed E-state index contributed by atoms with van der Waals surface area (Å²) in [5, 5.41) is 0. The molecule has 0 rings (SSSR count). The highest BCUT2D eigenvalue weighted by Gasteiger charge is 2.35. The van der Waals surface area contributed by atoms with Gasteiger partial charge in [-0.3, -0.25) is 0 Å². The summed E-state index contributed by atoms with van der Waals surface area (Å²) in [5.74, 6) is 0.987. The second kappa shape index (κ2) is 37.8. The van der Waals surface area contributed by atoms with Crippen molar-refractivity contribution < 1.29 is 0 Å². The highest BCUT2D eigenvalue weighted by molar-refractivity contribution is 4.86. The molecule has 0 aliphatic heterocycles. The van der Waals surface area contributed by atoms with Gasteiger partial charge in [-0.2, -0.15) is 0 Å². The van der Waals surface area contributed by atoms with Gasteiger partial charge in [0, 0.05) is 0 Å². The van der Waals surface area contributed by atoms with Crippen molar-refractivity contribution in [1.82, 2.24) is 0 Å². The smallest absolute Gasteiger partial charge is 0.0272 e. The van der Waals surface area contributed by atoms with Gasteiger partial charge in [-0.05, 0) is 37.0 Å². The summed E-state index contributed by atoms with van der Waals surface area (Å²) < 4.78 is 0. The lowest BCUT2D eigenvalue weighted by Gasteiger charge is -2.42. The number of hydrogen-bond acceptors (Lipinski definition) is 0. The van der Waals surface area contributed by atoms with Crippen LogP contribution in [0.2, 0.25) is 0 Å². The summed E-state index contributed by atoms with van der Waals surface area (Å²) >= 11 is 0. The average molecular weight is 647 g/mol. The van der Waals surface area contributed by atoms with E-state index in [9.17, 15) is 0 Å². The summed E-state index contributed by atoms with van der Waals surface area (Å²) in [6.45, 7) is 12.0. The van der Waals surface area contributed by atoms with E-state index in [1.165, 1.54) is 250 Å². The Kier molecular flexibility index (Phi) is 37.8. The molecule has 0 nitrogen and oxygen atoms in total. The zero-order valence-electron chi connectivity index (χ0n) is 33.7. The lowest BCUT2D eigenvalue weighted by molar-refractivity contribution is 0.0909. The van der Waals surface area contributed by atoms with Crippen molar-refractivity contribution in [3.8, 4) is 0 Å². The first-order valence-corrected chi connectivity index (χ1v) is 22.7. The lowest BCUT2D eigenvalue weighted by atomic mass is 9.63. The van der Waals surface area contributed by atoms with Gasteiger partial charge in [0.1, 0.15) is 0 Å². The lowest BCUT2D eigenvalue weighted by Crippen LogP contribution is -2.31. The predicted molar refractivity (Wildman–Crippen MR) is 214 cm³/mol. The van der Waals surface area contributed by atoms with Crippen LogP contribution in [0.1, 0.15) is 285 Å². The van der Waals surface area contributed by atoms with E-state index in [1.807, 2.05) is 0 Å². The molecule has 0 saturated heterocycles. The summed E-state index contributed by atoms with van der Waals surface area (Å²) in [4.78, 5) is 0. The molecule has 0 N–H and O–H groups in total. The Bertz CT molecular complexity index is 514. The molecule has 0 bridgehead atoms. The second-order valence-electron chi connectivity index (χ2n) is 16.1. The van der Waals surface area contributed by atoms with Crippen molar-refractivity contribution in [1.29, 1.82) is 0 Å². The molecule has 0 saturated carbocycles. The maximum Gasteiger partial charge on any atom is -0.0272 e. The Morgan fingerprint density at radius 1 is 0.261 bits per heavy atom. The van der Waals surface area contributed by atoms with Crippen LogP contribution in [0.5, 0.6) is 0 Å². The molecule has 46 heavy (non-hydrogen) atoms. The monoisotopic (exact) mass is 647 g/mol. The van der Waals surface area contributed by atoms with E-state index in [0.29, 0.717) is 5.41 Å². The van der Waals surface area contributed by atoms with E-state index in [-0.39, 0.29) is 0 Å². The van der Waals surface area contributed by atoms with Gasteiger partial charge >= 0.3 is 0 Å². The Hall–Kier alpha value is 0. The van der Waals surface area contributed by atoms with Crippen molar-refractivity contribution in [2.45, 2.75) is 285 Å².